The topological polar surface area (TPSA) is 17.1 Å². The molecule has 1 aromatic carbocycles. The molecule has 1 aliphatic carbocycles. The summed E-state index contributed by atoms with van der Waals surface area (Å²) in [6, 6.07) is 13.9. The molecule has 1 aromatic rings. The second kappa shape index (κ2) is 4.21. The Bertz CT molecular complexity index is 740. The summed E-state index contributed by atoms with van der Waals surface area (Å²) in [4.78, 5) is 13.1. The Morgan fingerprint density at radius 2 is 1.83 bits per heavy atom. The maximum absolute atomic E-state index is 12.0. The molecule has 18 heavy (non-hydrogen) atoms. The third-order valence-electron chi connectivity index (χ3n) is 3.24. The lowest BCUT2D eigenvalue weighted by Gasteiger charge is -2.14. The van der Waals surface area contributed by atoms with Crippen LogP contribution in [-0.2, 0) is 0 Å². The van der Waals surface area contributed by atoms with E-state index in [1.165, 1.54) is 10.3 Å². The van der Waals surface area contributed by atoms with Gasteiger partial charge in [-0.1, -0.05) is 38.1 Å². The Kier molecular flexibility index (Phi) is 2.67. The fraction of sp³-hybridized carbons (Fsp3) is 0.188. The molecule has 0 N–H and O–H groups in total. The summed E-state index contributed by atoms with van der Waals surface area (Å²) >= 11 is 1.72. The third kappa shape index (κ3) is 1.73. The van der Waals surface area contributed by atoms with E-state index in [-0.39, 0.29) is 5.43 Å². The van der Waals surface area contributed by atoms with Crippen LogP contribution in [0.25, 0.3) is 20.5 Å². The van der Waals surface area contributed by atoms with Gasteiger partial charge in [0.2, 0.25) is 0 Å². The van der Waals surface area contributed by atoms with Crippen LogP contribution in [-0.4, -0.2) is 0 Å². The number of benzene rings is 2. The van der Waals surface area contributed by atoms with Crippen LogP contribution in [0.1, 0.15) is 25.3 Å². The summed E-state index contributed by atoms with van der Waals surface area (Å²) in [6.07, 6.45) is 0. The molecule has 0 saturated carbocycles. The highest BCUT2D eigenvalue weighted by Gasteiger charge is 2.15. The molecule has 1 heterocycles. The molecule has 0 atom stereocenters. The van der Waals surface area contributed by atoms with E-state index in [4.69, 9.17) is 0 Å². The van der Waals surface area contributed by atoms with Gasteiger partial charge in [0.25, 0.3) is 0 Å². The highest BCUT2D eigenvalue weighted by molar-refractivity contribution is 7.21. The van der Waals surface area contributed by atoms with Gasteiger partial charge in [0.15, 0.2) is 5.43 Å². The second-order valence-corrected chi connectivity index (χ2v) is 5.89. The van der Waals surface area contributed by atoms with Gasteiger partial charge >= 0.3 is 0 Å². The van der Waals surface area contributed by atoms with Gasteiger partial charge in [-0.25, -0.2) is 0 Å². The Morgan fingerprint density at radius 3 is 2.61 bits per heavy atom. The van der Waals surface area contributed by atoms with E-state index in [1.54, 1.807) is 17.4 Å². The van der Waals surface area contributed by atoms with Crippen LogP contribution in [0.5, 0.6) is 0 Å². The summed E-state index contributed by atoms with van der Waals surface area (Å²) in [7, 11) is 0. The number of hydrogen-bond acceptors (Lipinski definition) is 2. The first kappa shape index (κ1) is 11.4. The van der Waals surface area contributed by atoms with Crippen molar-refractivity contribution in [2.75, 3.05) is 0 Å². The lowest BCUT2D eigenvalue weighted by Crippen LogP contribution is -2.06. The fourth-order valence-corrected chi connectivity index (χ4v) is 3.56. The molecule has 0 bridgehead atoms. The molecular weight excluding hydrogens is 240 g/mol. The molecule has 0 saturated heterocycles. The van der Waals surface area contributed by atoms with Gasteiger partial charge in [-0.2, -0.15) is 0 Å². The highest BCUT2D eigenvalue weighted by Crippen LogP contribution is 2.36. The first-order valence-corrected chi connectivity index (χ1v) is 6.94. The molecule has 0 radical (unpaired) electrons. The number of rotatable bonds is 1. The standard InChI is InChI=1S/C16H14OS/c1-10(2)12-7-8-14(17)13-9-11-5-3-4-6-15(11)18-16(12)13/h3-10H,1-2H3. The summed E-state index contributed by atoms with van der Waals surface area (Å²) in [5.41, 5.74) is 2.24. The maximum atomic E-state index is 12.0. The summed E-state index contributed by atoms with van der Waals surface area (Å²) in [6.45, 7) is 4.34. The van der Waals surface area contributed by atoms with Gasteiger partial charge in [-0.15, -0.1) is 11.3 Å². The van der Waals surface area contributed by atoms with Gasteiger partial charge in [0.05, 0.1) is 0 Å². The maximum Gasteiger partial charge on any atom is 0.187 e. The molecular formula is C16H14OS. The Balaban J connectivity index is 2.48. The van der Waals surface area contributed by atoms with Crippen molar-refractivity contribution in [1.82, 2.24) is 0 Å². The molecule has 0 amide bonds. The molecule has 2 heteroatoms. The van der Waals surface area contributed by atoms with E-state index in [0.29, 0.717) is 5.92 Å². The van der Waals surface area contributed by atoms with Gasteiger partial charge in [-0.05, 0) is 35.1 Å². The minimum absolute atomic E-state index is 0.122. The average Bonchev–Trinajstić information content (AvgIpc) is 2.37. The monoisotopic (exact) mass is 254 g/mol. The van der Waals surface area contributed by atoms with Crippen LogP contribution in [0.2, 0.25) is 0 Å². The predicted octanol–water partition coefficient (Wildman–Crippen LogP) is 4.49. The minimum atomic E-state index is 0.122. The van der Waals surface area contributed by atoms with Gasteiger partial charge in [-0.3, -0.25) is 4.79 Å². The predicted molar refractivity (Wildman–Crippen MR) is 78.8 cm³/mol. The lowest BCUT2D eigenvalue weighted by molar-refractivity contribution is 0.871. The van der Waals surface area contributed by atoms with Crippen LogP contribution in [0.4, 0.5) is 0 Å². The highest BCUT2D eigenvalue weighted by atomic mass is 32.1. The van der Waals surface area contributed by atoms with Crippen LogP contribution < -0.4 is 5.43 Å². The second-order valence-electron chi connectivity index (χ2n) is 4.83. The van der Waals surface area contributed by atoms with Gasteiger partial charge in [0.1, 0.15) is 0 Å². The first-order valence-electron chi connectivity index (χ1n) is 6.12. The van der Waals surface area contributed by atoms with E-state index in [9.17, 15) is 4.79 Å². The van der Waals surface area contributed by atoms with Crippen LogP contribution in [0.15, 0.2) is 47.3 Å². The SMILES string of the molecule is CC(C)c1ccc(=O)c2cc3ccccc3sc1-2. The van der Waals surface area contributed by atoms with E-state index in [0.717, 1.165) is 15.8 Å². The van der Waals surface area contributed by atoms with Gasteiger partial charge < -0.3 is 0 Å². The van der Waals surface area contributed by atoms with E-state index < -0.39 is 0 Å². The summed E-state index contributed by atoms with van der Waals surface area (Å²) in [5.74, 6) is 0.436. The Hall–Kier alpha value is -1.67. The molecule has 3 rings (SSSR count). The summed E-state index contributed by atoms with van der Waals surface area (Å²) < 4.78 is 1.23. The van der Waals surface area contributed by atoms with Crippen molar-refractivity contribution in [2.24, 2.45) is 0 Å². The molecule has 1 aliphatic heterocycles. The zero-order valence-corrected chi connectivity index (χ0v) is 11.3. The number of hydrogen-bond donors (Lipinski definition) is 0. The average molecular weight is 254 g/mol. The first-order chi connectivity index (χ1) is 8.66. The van der Waals surface area contributed by atoms with Gasteiger partial charge in [0, 0.05) is 15.1 Å². The van der Waals surface area contributed by atoms with Crippen molar-refractivity contribution in [3.63, 3.8) is 0 Å². The van der Waals surface area contributed by atoms with E-state index in [2.05, 4.69) is 26.0 Å². The largest absolute Gasteiger partial charge is 0.289 e. The van der Waals surface area contributed by atoms with Crippen molar-refractivity contribution < 1.29 is 0 Å². The Morgan fingerprint density at radius 1 is 1.06 bits per heavy atom. The smallest absolute Gasteiger partial charge is 0.187 e. The molecule has 2 aliphatic rings. The molecule has 0 spiro atoms. The molecule has 0 fully saturated rings. The quantitative estimate of drug-likeness (QED) is 0.585. The third-order valence-corrected chi connectivity index (χ3v) is 4.49. The fourth-order valence-electron chi connectivity index (χ4n) is 2.26. The Labute approximate surface area is 110 Å². The lowest BCUT2D eigenvalue weighted by atomic mass is 9.97. The van der Waals surface area contributed by atoms with Crippen LogP contribution >= 0.6 is 11.3 Å². The molecule has 90 valence electrons. The summed E-state index contributed by atoms with van der Waals surface area (Å²) in [5, 5.41) is 1.15. The van der Waals surface area contributed by atoms with Crippen molar-refractivity contribution in [1.29, 1.82) is 0 Å². The zero-order chi connectivity index (χ0) is 12.7. The van der Waals surface area contributed by atoms with Crippen LogP contribution in [0.3, 0.4) is 0 Å². The van der Waals surface area contributed by atoms with Crippen molar-refractivity contribution >= 4 is 21.4 Å². The van der Waals surface area contributed by atoms with Crippen molar-refractivity contribution in [2.45, 2.75) is 19.8 Å². The van der Waals surface area contributed by atoms with Crippen molar-refractivity contribution in [3.8, 4) is 10.4 Å². The minimum Gasteiger partial charge on any atom is -0.289 e. The van der Waals surface area contributed by atoms with E-state index in [1.807, 2.05) is 24.3 Å². The van der Waals surface area contributed by atoms with E-state index >= 15 is 0 Å². The zero-order valence-electron chi connectivity index (χ0n) is 10.4. The van der Waals surface area contributed by atoms with Crippen LogP contribution in [0, 0.1) is 0 Å². The molecule has 0 aromatic heterocycles. The molecule has 0 unspecified atom stereocenters. The van der Waals surface area contributed by atoms with Crippen molar-refractivity contribution in [3.05, 3.63) is 58.3 Å². The normalized spacial score (nSPS) is 11.5. The number of fused-ring (bicyclic) bond motifs is 2. The molecule has 1 nitrogen and oxygen atoms in total.